The number of anilines is 1. The van der Waals surface area contributed by atoms with E-state index in [1.807, 2.05) is 55.5 Å². The summed E-state index contributed by atoms with van der Waals surface area (Å²) >= 11 is 0. The molecule has 3 rings (SSSR count). The molecule has 0 bridgehead atoms. The number of nitrogens with zero attached hydrogens (tertiary/aromatic N) is 3. The molecule has 0 aliphatic carbocycles. The Balaban J connectivity index is 2.04. The Morgan fingerprint density at radius 3 is 2.55 bits per heavy atom. The van der Waals surface area contributed by atoms with E-state index in [2.05, 4.69) is 9.97 Å². The van der Waals surface area contributed by atoms with Crippen molar-refractivity contribution in [1.29, 1.82) is 0 Å². The average Bonchev–Trinajstić information content (AvgIpc) is 2.55. The molecule has 0 aliphatic rings. The van der Waals surface area contributed by atoms with E-state index in [1.54, 1.807) is 12.3 Å². The molecule has 110 valence electrons. The fourth-order valence-corrected chi connectivity index (χ4v) is 2.46. The van der Waals surface area contributed by atoms with Gasteiger partial charge in [0.05, 0.1) is 17.1 Å². The monoisotopic (exact) mass is 292 g/mol. The molecule has 2 heterocycles. The minimum atomic E-state index is -0.535. The lowest BCUT2D eigenvalue weighted by Crippen LogP contribution is -2.38. The van der Waals surface area contributed by atoms with Crippen LogP contribution in [0.5, 0.6) is 0 Å². The van der Waals surface area contributed by atoms with Crippen LogP contribution in [0.3, 0.4) is 0 Å². The lowest BCUT2D eigenvalue weighted by atomic mass is 10.1. The van der Waals surface area contributed by atoms with Gasteiger partial charge in [-0.1, -0.05) is 30.3 Å². The molecule has 0 radical (unpaired) electrons. The third-order valence-electron chi connectivity index (χ3n) is 3.60. The molecule has 1 aromatic carbocycles. The Morgan fingerprint density at radius 1 is 1.05 bits per heavy atom. The van der Waals surface area contributed by atoms with Crippen LogP contribution >= 0.6 is 0 Å². The number of hydrogen-bond donors (Lipinski definition) is 1. The highest BCUT2D eigenvalue weighted by molar-refractivity contribution is 5.91. The lowest BCUT2D eigenvalue weighted by Gasteiger charge is -2.27. The van der Waals surface area contributed by atoms with E-state index in [4.69, 9.17) is 5.73 Å². The van der Waals surface area contributed by atoms with Gasteiger partial charge < -0.3 is 5.73 Å². The number of primary amides is 1. The number of pyridine rings is 2. The van der Waals surface area contributed by atoms with Crippen molar-refractivity contribution in [2.24, 2.45) is 5.73 Å². The molecule has 2 aromatic heterocycles. The van der Waals surface area contributed by atoms with Gasteiger partial charge in [-0.05, 0) is 36.8 Å². The van der Waals surface area contributed by atoms with Crippen LogP contribution < -0.4 is 10.6 Å². The van der Waals surface area contributed by atoms with Gasteiger partial charge in [0.15, 0.2) is 0 Å². The minimum absolute atomic E-state index is 0.208. The van der Waals surface area contributed by atoms with Gasteiger partial charge in [0.1, 0.15) is 5.82 Å². The molecule has 0 saturated heterocycles. The Kier molecular flexibility index (Phi) is 3.70. The summed E-state index contributed by atoms with van der Waals surface area (Å²) in [5.74, 6) is 0.518. The Morgan fingerprint density at radius 2 is 1.82 bits per heavy atom. The molecule has 0 aliphatic heterocycles. The van der Waals surface area contributed by atoms with Crippen molar-refractivity contribution in [2.75, 3.05) is 4.90 Å². The predicted octanol–water partition coefficient (Wildman–Crippen LogP) is 3.28. The summed E-state index contributed by atoms with van der Waals surface area (Å²) in [7, 11) is 0. The summed E-state index contributed by atoms with van der Waals surface area (Å²) in [5, 5.41) is 0. The molecule has 0 unspecified atom stereocenters. The number of amides is 2. The quantitative estimate of drug-likeness (QED) is 0.805. The highest BCUT2D eigenvalue weighted by atomic mass is 16.2. The van der Waals surface area contributed by atoms with E-state index in [-0.39, 0.29) is 6.04 Å². The number of aromatic nitrogens is 2. The molecule has 5 nitrogen and oxygen atoms in total. The Labute approximate surface area is 128 Å². The van der Waals surface area contributed by atoms with Crippen molar-refractivity contribution in [3.63, 3.8) is 0 Å². The molecule has 2 N–H and O–H groups in total. The molecule has 2 amide bonds. The number of fused-ring (bicyclic) bond motifs is 1. The minimum Gasteiger partial charge on any atom is -0.351 e. The number of rotatable bonds is 3. The van der Waals surface area contributed by atoms with Crippen LogP contribution in [-0.2, 0) is 0 Å². The third kappa shape index (κ3) is 2.61. The van der Waals surface area contributed by atoms with Gasteiger partial charge in [-0.3, -0.25) is 9.88 Å². The number of carbonyl (C=O) groups is 1. The van der Waals surface area contributed by atoms with Crippen LogP contribution in [0.25, 0.3) is 11.0 Å². The summed E-state index contributed by atoms with van der Waals surface area (Å²) in [6.07, 6.45) is 1.71. The maximum absolute atomic E-state index is 11.9. The molecule has 1 atom stereocenters. The van der Waals surface area contributed by atoms with E-state index in [9.17, 15) is 4.79 Å². The van der Waals surface area contributed by atoms with Crippen molar-refractivity contribution in [3.8, 4) is 0 Å². The second-order valence-electron chi connectivity index (χ2n) is 5.01. The first kappa shape index (κ1) is 14.0. The number of carbonyl (C=O) groups excluding carboxylic acids is 1. The van der Waals surface area contributed by atoms with E-state index in [1.165, 1.54) is 4.90 Å². The van der Waals surface area contributed by atoms with Gasteiger partial charge >= 0.3 is 6.03 Å². The van der Waals surface area contributed by atoms with Crippen LogP contribution in [-0.4, -0.2) is 16.0 Å². The summed E-state index contributed by atoms with van der Waals surface area (Å²) < 4.78 is 0. The predicted molar refractivity (Wildman–Crippen MR) is 86.5 cm³/mol. The van der Waals surface area contributed by atoms with Crippen molar-refractivity contribution in [2.45, 2.75) is 13.0 Å². The standard InChI is InChI=1S/C17H16N4O/c1-12(13-6-3-2-4-7-13)21(17(18)22)16-10-9-14-15(20-16)8-5-11-19-14/h2-12H,1H3,(H2,18,22)/t12-/m0/s1. The first-order valence-corrected chi connectivity index (χ1v) is 7.02. The van der Waals surface area contributed by atoms with Crippen molar-refractivity contribution in [1.82, 2.24) is 9.97 Å². The van der Waals surface area contributed by atoms with E-state index >= 15 is 0 Å². The van der Waals surface area contributed by atoms with E-state index in [0.29, 0.717) is 5.82 Å². The van der Waals surface area contributed by atoms with E-state index in [0.717, 1.165) is 16.6 Å². The van der Waals surface area contributed by atoms with Crippen LogP contribution in [0.2, 0.25) is 0 Å². The molecule has 0 spiro atoms. The van der Waals surface area contributed by atoms with Gasteiger partial charge in [0.2, 0.25) is 0 Å². The molecule has 0 fully saturated rings. The van der Waals surface area contributed by atoms with Crippen LogP contribution in [0, 0.1) is 0 Å². The third-order valence-corrected chi connectivity index (χ3v) is 3.60. The summed E-state index contributed by atoms with van der Waals surface area (Å²) in [6.45, 7) is 1.93. The highest BCUT2D eigenvalue weighted by Crippen LogP contribution is 2.26. The first-order chi connectivity index (χ1) is 10.7. The van der Waals surface area contributed by atoms with Crippen LogP contribution in [0.1, 0.15) is 18.5 Å². The molecule has 3 aromatic rings. The van der Waals surface area contributed by atoms with Gasteiger partial charge in [0, 0.05) is 6.20 Å². The van der Waals surface area contributed by atoms with Crippen molar-refractivity contribution < 1.29 is 4.79 Å². The SMILES string of the molecule is C[C@@H](c1ccccc1)N(C(N)=O)c1ccc2ncccc2n1. The van der Waals surface area contributed by atoms with Crippen molar-refractivity contribution >= 4 is 22.9 Å². The molecule has 0 saturated carbocycles. The normalized spacial score (nSPS) is 12.0. The molecule has 22 heavy (non-hydrogen) atoms. The van der Waals surface area contributed by atoms with Crippen molar-refractivity contribution in [3.05, 3.63) is 66.4 Å². The molecular weight excluding hydrogens is 276 g/mol. The number of nitrogens with two attached hydrogens (primary N) is 1. The Hall–Kier alpha value is -2.95. The van der Waals surface area contributed by atoms with Gasteiger partial charge in [-0.25, -0.2) is 9.78 Å². The Bertz CT molecular complexity index is 804. The summed E-state index contributed by atoms with van der Waals surface area (Å²) in [4.78, 5) is 22.2. The number of benzene rings is 1. The fourth-order valence-electron chi connectivity index (χ4n) is 2.46. The van der Waals surface area contributed by atoms with Gasteiger partial charge in [0.25, 0.3) is 0 Å². The van der Waals surface area contributed by atoms with Crippen LogP contribution in [0.15, 0.2) is 60.8 Å². The molecular formula is C17H16N4O. The summed E-state index contributed by atoms with van der Waals surface area (Å²) in [5.41, 5.74) is 8.09. The first-order valence-electron chi connectivity index (χ1n) is 7.02. The lowest BCUT2D eigenvalue weighted by molar-refractivity contribution is 0.252. The van der Waals surface area contributed by atoms with Gasteiger partial charge in [-0.15, -0.1) is 0 Å². The van der Waals surface area contributed by atoms with Crippen LogP contribution in [0.4, 0.5) is 10.6 Å². The second-order valence-corrected chi connectivity index (χ2v) is 5.01. The van der Waals surface area contributed by atoms with Gasteiger partial charge in [-0.2, -0.15) is 0 Å². The zero-order chi connectivity index (χ0) is 15.5. The topological polar surface area (TPSA) is 72.1 Å². The number of urea groups is 1. The fraction of sp³-hybridized carbons (Fsp3) is 0.118. The van der Waals surface area contributed by atoms with E-state index < -0.39 is 6.03 Å². The summed E-state index contributed by atoms with van der Waals surface area (Å²) in [6, 6.07) is 16.3. The highest BCUT2D eigenvalue weighted by Gasteiger charge is 2.22. The zero-order valence-electron chi connectivity index (χ0n) is 12.2. The maximum atomic E-state index is 11.9. The maximum Gasteiger partial charge on any atom is 0.321 e. The smallest absolute Gasteiger partial charge is 0.321 e. The number of hydrogen-bond acceptors (Lipinski definition) is 3. The average molecular weight is 292 g/mol. The zero-order valence-corrected chi connectivity index (χ0v) is 12.2. The molecule has 5 heteroatoms. The second kappa shape index (κ2) is 5.81. The largest absolute Gasteiger partial charge is 0.351 e.